The van der Waals surface area contributed by atoms with Gasteiger partial charge in [0.15, 0.2) is 6.10 Å². The summed E-state index contributed by atoms with van der Waals surface area (Å²) in [5.41, 5.74) is 1.95. The molecule has 4 aromatic rings. The molecule has 1 amide bonds. The number of hydrogen-bond acceptors (Lipinski definition) is 7. The number of rotatable bonds is 7. The molecule has 1 atom stereocenters. The average Bonchev–Trinajstić information content (AvgIpc) is 3.30. The van der Waals surface area contributed by atoms with E-state index >= 15 is 0 Å². The fourth-order valence-corrected chi connectivity index (χ4v) is 3.13. The van der Waals surface area contributed by atoms with Crippen molar-refractivity contribution >= 4 is 17.8 Å². The van der Waals surface area contributed by atoms with Crippen LogP contribution in [0.2, 0.25) is 0 Å². The highest BCUT2D eigenvalue weighted by atomic mass is 16.5. The Labute approximate surface area is 190 Å². The second kappa shape index (κ2) is 9.73. The van der Waals surface area contributed by atoms with E-state index in [1.54, 1.807) is 36.2 Å². The van der Waals surface area contributed by atoms with Gasteiger partial charge in [-0.15, -0.1) is 0 Å². The highest BCUT2D eigenvalue weighted by Crippen LogP contribution is 2.32. The van der Waals surface area contributed by atoms with Crippen molar-refractivity contribution in [2.24, 2.45) is 0 Å². The van der Waals surface area contributed by atoms with Gasteiger partial charge in [-0.25, -0.2) is 19.4 Å². The van der Waals surface area contributed by atoms with Gasteiger partial charge >= 0.3 is 5.97 Å². The third kappa shape index (κ3) is 4.87. The van der Waals surface area contributed by atoms with Crippen molar-refractivity contribution in [1.29, 1.82) is 0 Å². The van der Waals surface area contributed by atoms with Gasteiger partial charge in [0.25, 0.3) is 5.91 Å². The summed E-state index contributed by atoms with van der Waals surface area (Å²) in [6.07, 6.45) is 3.48. The van der Waals surface area contributed by atoms with E-state index in [2.05, 4.69) is 20.4 Å². The van der Waals surface area contributed by atoms with Crippen LogP contribution < -0.4 is 10.1 Å². The average molecular weight is 443 g/mol. The van der Waals surface area contributed by atoms with E-state index in [-0.39, 0.29) is 11.5 Å². The van der Waals surface area contributed by atoms with Gasteiger partial charge in [-0.05, 0) is 37.3 Å². The van der Waals surface area contributed by atoms with Crippen LogP contribution in [0, 0.1) is 0 Å². The Morgan fingerprint density at radius 3 is 2.39 bits per heavy atom. The molecular weight excluding hydrogens is 422 g/mol. The first-order valence-corrected chi connectivity index (χ1v) is 10.1. The molecule has 4 rings (SSSR count). The van der Waals surface area contributed by atoms with Crippen molar-refractivity contribution < 1.29 is 19.1 Å². The Balaban J connectivity index is 1.64. The number of carbonyl (C=O) groups excluding carboxylic acids is 2. The number of esters is 1. The fourth-order valence-electron chi connectivity index (χ4n) is 3.13. The number of ether oxygens (including phenoxy) is 2. The number of hydrogen-bond donors (Lipinski definition) is 1. The Morgan fingerprint density at radius 1 is 0.970 bits per heavy atom. The van der Waals surface area contributed by atoms with E-state index in [1.807, 2.05) is 42.5 Å². The summed E-state index contributed by atoms with van der Waals surface area (Å²) in [5.74, 6) is -0.576. The summed E-state index contributed by atoms with van der Waals surface area (Å²) in [4.78, 5) is 33.4. The first kappa shape index (κ1) is 21.7. The Bertz CT molecular complexity index is 1260. The van der Waals surface area contributed by atoms with Crippen molar-refractivity contribution in [3.05, 3.63) is 84.8 Å². The lowest BCUT2D eigenvalue weighted by Gasteiger charge is -2.13. The molecule has 2 heterocycles. The highest BCUT2D eigenvalue weighted by Gasteiger charge is 2.26. The first-order chi connectivity index (χ1) is 16.1. The summed E-state index contributed by atoms with van der Waals surface area (Å²) in [7, 11) is 1.54. The summed E-state index contributed by atoms with van der Waals surface area (Å²) >= 11 is 0. The highest BCUT2D eigenvalue weighted by molar-refractivity contribution is 6.00. The van der Waals surface area contributed by atoms with E-state index in [4.69, 9.17) is 9.47 Å². The predicted molar refractivity (Wildman–Crippen MR) is 121 cm³/mol. The summed E-state index contributed by atoms with van der Waals surface area (Å²) < 4.78 is 12.5. The van der Waals surface area contributed by atoms with E-state index < -0.39 is 18.0 Å². The second-order valence-electron chi connectivity index (χ2n) is 6.98. The number of benzene rings is 2. The molecule has 0 saturated carbocycles. The van der Waals surface area contributed by atoms with Crippen LogP contribution in [-0.4, -0.2) is 44.8 Å². The van der Waals surface area contributed by atoms with Crippen LogP contribution in [0.25, 0.3) is 16.9 Å². The summed E-state index contributed by atoms with van der Waals surface area (Å²) in [6, 6.07) is 18.2. The normalized spacial score (nSPS) is 11.5. The Morgan fingerprint density at radius 2 is 1.67 bits per heavy atom. The quantitative estimate of drug-likeness (QED) is 0.435. The molecule has 0 radical (unpaired) electrons. The van der Waals surface area contributed by atoms with Gasteiger partial charge in [0, 0.05) is 24.2 Å². The lowest BCUT2D eigenvalue weighted by molar-refractivity contribution is -0.123. The van der Waals surface area contributed by atoms with Gasteiger partial charge in [-0.3, -0.25) is 10.1 Å². The van der Waals surface area contributed by atoms with E-state index in [0.29, 0.717) is 17.0 Å². The van der Waals surface area contributed by atoms with Crippen LogP contribution >= 0.6 is 0 Å². The second-order valence-corrected chi connectivity index (χ2v) is 6.98. The third-order valence-electron chi connectivity index (χ3n) is 4.77. The molecule has 1 N–H and O–H groups in total. The number of methoxy groups -OCH3 is 1. The van der Waals surface area contributed by atoms with Gasteiger partial charge in [0.2, 0.25) is 5.95 Å². The monoisotopic (exact) mass is 443 g/mol. The molecule has 33 heavy (non-hydrogen) atoms. The van der Waals surface area contributed by atoms with Crippen LogP contribution in [0.1, 0.15) is 17.3 Å². The van der Waals surface area contributed by atoms with Crippen molar-refractivity contribution in [1.82, 2.24) is 19.7 Å². The lowest BCUT2D eigenvalue weighted by atomic mass is 10.1. The van der Waals surface area contributed by atoms with Crippen LogP contribution in [0.15, 0.2) is 79.3 Å². The molecule has 0 aliphatic carbocycles. The van der Waals surface area contributed by atoms with Crippen molar-refractivity contribution in [3.63, 3.8) is 0 Å². The zero-order chi connectivity index (χ0) is 23.2. The van der Waals surface area contributed by atoms with Crippen LogP contribution in [-0.2, 0) is 9.53 Å². The minimum absolute atomic E-state index is 0.122. The lowest BCUT2D eigenvalue weighted by Crippen LogP contribution is -2.30. The minimum atomic E-state index is -1.09. The first-order valence-electron chi connectivity index (χ1n) is 10.1. The number of nitrogens with one attached hydrogen (secondary N) is 1. The van der Waals surface area contributed by atoms with Crippen molar-refractivity contribution in [2.45, 2.75) is 13.0 Å². The molecule has 0 saturated heterocycles. The van der Waals surface area contributed by atoms with E-state index in [0.717, 1.165) is 5.69 Å². The SMILES string of the molecule is COc1ccccc1-c1nn(-c2ccccc2)cc1C(=O)OC(C)C(=O)Nc1ncccn1. The fraction of sp³-hybridized carbons (Fsp3) is 0.125. The smallest absolute Gasteiger partial charge is 0.342 e. The maximum Gasteiger partial charge on any atom is 0.342 e. The molecule has 0 fully saturated rings. The zero-order valence-corrected chi connectivity index (χ0v) is 18.0. The molecule has 0 aliphatic heterocycles. The number of anilines is 1. The Kier molecular flexibility index (Phi) is 6.40. The number of para-hydroxylation sites is 2. The van der Waals surface area contributed by atoms with Gasteiger partial charge < -0.3 is 9.47 Å². The van der Waals surface area contributed by atoms with Crippen molar-refractivity contribution in [2.75, 3.05) is 12.4 Å². The molecule has 166 valence electrons. The van der Waals surface area contributed by atoms with Gasteiger partial charge in [0.1, 0.15) is 17.0 Å². The van der Waals surface area contributed by atoms with Crippen LogP contribution in [0.3, 0.4) is 0 Å². The maximum absolute atomic E-state index is 13.1. The van der Waals surface area contributed by atoms with E-state index in [9.17, 15) is 9.59 Å². The van der Waals surface area contributed by atoms with Crippen molar-refractivity contribution in [3.8, 4) is 22.7 Å². The van der Waals surface area contributed by atoms with Crippen LogP contribution in [0.5, 0.6) is 5.75 Å². The molecule has 0 bridgehead atoms. The van der Waals surface area contributed by atoms with Gasteiger partial charge in [0.05, 0.1) is 12.8 Å². The third-order valence-corrected chi connectivity index (χ3v) is 4.77. The summed E-state index contributed by atoms with van der Waals surface area (Å²) in [5, 5.41) is 7.13. The van der Waals surface area contributed by atoms with Crippen LogP contribution in [0.4, 0.5) is 5.95 Å². The topological polar surface area (TPSA) is 108 Å². The molecule has 0 aliphatic rings. The zero-order valence-electron chi connectivity index (χ0n) is 18.0. The van der Waals surface area contributed by atoms with E-state index in [1.165, 1.54) is 19.3 Å². The maximum atomic E-state index is 13.1. The molecule has 9 heteroatoms. The largest absolute Gasteiger partial charge is 0.496 e. The molecular formula is C24H21N5O4. The van der Waals surface area contributed by atoms with Gasteiger partial charge in [-0.1, -0.05) is 30.3 Å². The standard InChI is InChI=1S/C24H21N5O4/c1-16(22(30)27-24-25-13-8-14-26-24)33-23(31)19-15-29(17-9-4-3-5-10-17)28-21(19)18-11-6-7-12-20(18)32-2/h3-16H,1-2H3,(H,25,26,27,30). The number of aromatic nitrogens is 4. The molecule has 2 aromatic carbocycles. The molecule has 9 nitrogen and oxygen atoms in total. The molecule has 2 aromatic heterocycles. The number of carbonyl (C=O) groups is 2. The number of nitrogens with zero attached hydrogens (tertiary/aromatic N) is 4. The predicted octanol–water partition coefficient (Wildman–Crippen LogP) is 3.52. The minimum Gasteiger partial charge on any atom is -0.496 e. The Hall–Kier alpha value is -4.53. The molecule has 0 spiro atoms. The number of amides is 1. The molecule has 1 unspecified atom stereocenters. The van der Waals surface area contributed by atoms with Gasteiger partial charge in [-0.2, -0.15) is 5.10 Å². The summed E-state index contributed by atoms with van der Waals surface area (Å²) in [6.45, 7) is 1.47.